The maximum Gasteiger partial charge on any atom is 0.223 e. The Morgan fingerprint density at radius 1 is 1.43 bits per heavy atom. The topological polar surface area (TPSA) is 73.6 Å². The summed E-state index contributed by atoms with van der Waals surface area (Å²) in [7, 11) is 1.64. The van der Waals surface area contributed by atoms with Crippen molar-refractivity contribution >= 4 is 17.5 Å². The largest absolute Gasteiger partial charge is 0.490 e. The summed E-state index contributed by atoms with van der Waals surface area (Å²) in [6, 6.07) is 5.64. The highest BCUT2D eigenvalue weighted by atomic mass is 35.5. The quantitative estimate of drug-likeness (QED) is 0.779. The summed E-state index contributed by atoms with van der Waals surface area (Å²) in [6.07, 6.45) is 2.25. The van der Waals surface area contributed by atoms with Crippen molar-refractivity contribution < 1.29 is 14.3 Å². The Labute approximate surface area is 142 Å². The number of halogens is 1. The summed E-state index contributed by atoms with van der Waals surface area (Å²) in [5.41, 5.74) is 6.96. The van der Waals surface area contributed by atoms with E-state index in [4.69, 9.17) is 26.8 Å². The van der Waals surface area contributed by atoms with Crippen LogP contribution in [0.4, 0.5) is 0 Å². The van der Waals surface area contributed by atoms with Gasteiger partial charge in [-0.05, 0) is 37.8 Å². The lowest BCUT2D eigenvalue weighted by atomic mass is 9.83. The SMILES string of the molecule is CO[C@@H]1C[C@@H](C(=O)NCCOc2c(C)cccc2Cl)CC[C@H]1N. The molecule has 1 amide bonds. The van der Waals surface area contributed by atoms with E-state index in [1.807, 2.05) is 19.1 Å². The first-order valence-corrected chi connectivity index (χ1v) is 8.34. The van der Waals surface area contributed by atoms with E-state index >= 15 is 0 Å². The molecule has 0 aromatic heterocycles. The average Bonchev–Trinajstić information content (AvgIpc) is 2.54. The first-order valence-electron chi connectivity index (χ1n) is 7.97. The zero-order valence-corrected chi connectivity index (χ0v) is 14.4. The zero-order valence-electron chi connectivity index (χ0n) is 13.7. The first-order chi connectivity index (χ1) is 11.0. The number of hydrogen-bond acceptors (Lipinski definition) is 4. The van der Waals surface area contributed by atoms with E-state index in [1.165, 1.54) is 0 Å². The van der Waals surface area contributed by atoms with Gasteiger partial charge in [0.25, 0.3) is 0 Å². The minimum atomic E-state index is -0.0403. The van der Waals surface area contributed by atoms with E-state index in [9.17, 15) is 4.79 Å². The Hall–Kier alpha value is -1.30. The van der Waals surface area contributed by atoms with Crippen molar-refractivity contribution in [3.63, 3.8) is 0 Å². The van der Waals surface area contributed by atoms with Crippen LogP contribution in [0.25, 0.3) is 0 Å². The van der Waals surface area contributed by atoms with Gasteiger partial charge in [0.1, 0.15) is 12.4 Å². The van der Waals surface area contributed by atoms with E-state index in [-0.39, 0.29) is 24.0 Å². The van der Waals surface area contributed by atoms with Gasteiger partial charge in [0.15, 0.2) is 0 Å². The number of ether oxygens (including phenoxy) is 2. The van der Waals surface area contributed by atoms with Crippen LogP contribution in [-0.2, 0) is 9.53 Å². The highest BCUT2D eigenvalue weighted by Gasteiger charge is 2.31. The minimum absolute atomic E-state index is 0.0237. The summed E-state index contributed by atoms with van der Waals surface area (Å²) < 4.78 is 11.0. The number of hydrogen-bond donors (Lipinski definition) is 2. The zero-order chi connectivity index (χ0) is 16.8. The third-order valence-corrected chi connectivity index (χ3v) is 4.63. The predicted molar refractivity (Wildman–Crippen MR) is 90.8 cm³/mol. The normalized spacial score (nSPS) is 24.3. The number of methoxy groups -OCH3 is 1. The van der Waals surface area contributed by atoms with Crippen molar-refractivity contribution in [2.75, 3.05) is 20.3 Å². The van der Waals surface area contributed by atoms with Crippen LogP contribution in [0.1, 0.15) is 24.8 Å². The van der Waals surface area contributed by atoms with Gasteiger partial charge < -0.3 is 20.5 Å². The molecule has 6 heteroatoms. The number of aryl methyl sites for hydroxylation is 1. The smallest absolute Gasteiger partial charge is 0.223 e. The molecule has 5 nitrogen and oxygen atoms in total. The first kappa shape index (κ1) is 18.0. The summed E-state index contributed by atoms with van der Waals surface area (Å²) in [5.74, 6) is 0.673. The van der Waals surface area contributed by atoms with Crippen molar-refractivity contribution in [1.82, 2.24) is 5.32 Å². The number of para-hydroxylation sites is 1. The average molecular weight is 341 g/mol. The lowest BCUT2D eigenvalue weighted by Crippen LogP contribution is -2.45. The number of nitrogens with two attached hydrogens (primary N) is 1. The van der Waals surface area contributed by atoms with Crippen LogP contribution in [0.3, 0.4) is 0 Å². The number of benzene rings is 1. The van der Waals surface area contributed by atoms with Gasteiger partial charge in [0.2, 0.25) is 5.91 Å². The van der Waals surface area contributed by atoms with Crippen LogP contribution >= 0.6 is 11.6 Å². The number of amides is 1. The second-order valence-electron chi connectivity index (χ2n) is 5.97. The molecule has 1 aliphatic rings. The van der Waals surface area contributed by atoms with Gasteiger partial charge in [-0.25, -0.2) is 0 Å². The molecule has 2 rings (SSSR count). The molecule has 3 atom stereocenters. The molecule has 23 heavy (non-hydrogen) atoms. The number of carbonyl (C=O) groups excluding carboxylic acids is 1. The molecule has 0 heterocycles. The van der Waals surface area contributed by atoms with Gasteiger partial charge in [0, 0.05) is 19.1 Å². The summed E-state index contributed by atoms with van der Waals surface area (Å²) in [6.45, 7) is 2.77. The van der Waals surface area contributed by atoms with Crippen LogP contribution < -0.4 is 15.8 Å². The molecule has 0 radical (unpaired) electrons. The van der Waals surface area contributed by atoms with Gasteiger partial charge in [-0.2, -0.15) is 0 Å². The lowest BCUT2D eigenvalue weighted by molar-refractivity contribution is -0.127. The van der Waals surface area contributed by atoms with Crippen LogP contribution in [0, 0.1) is 12.8 Å². The van der Waals surface area contributed by atoms with Gasteiger partial charge in [-0.1, -0.05) is 23.7 Å². The Morgan fingerprint density at radius 3 is 2.91 bits per heavy atom. The maximum atomic E-state index is 12.2. The van der Waals surface area contributed by atoms with Crippen molar-refractivity contribution in [3.05, 3.63) is 28.8 Å². The van der Waals surface area contributed by atoms with Crippen LogP contribution in [0.5, 0.6) is 5.75 Å². The van der Waals surface area contributed by atoms with E-state index in [2.05, 4.69) is 5.32 Å². The molecule has 1 aliphatic carbocycles. The molecule has 128 valence electrons. The van der Waals surface area contributed by atoms with E-state index in [1.54, 1.807) is 13.2 Å². The molecule has 0 spiro atoms. The highest BCUT2D eigenvalue weighted by Crippen LogP contribution is 2.28. The Kier molecular flexibility index (Phi) is 6.69. The molecule has 1 fully saturated rings. The van der Waals surface area contributed by atoms with Crippen LogP contribution in [0.2, 0.25) is 5.02 Å². The maximum absolute atomic E-state index is 12.2. The molecule has 1 aromatic carbocycles. The molecular weight excluding hydrogens is 316 g/mol. The predicted octanol–water partition coefficient (Wildman–Crippen LogP) is 2.29. The Morgan fingerprint density at radius 2 is 2.22 bits per heavy atom. The van der Waals surface area contributed by atoms with Gasteiger partial charge in [0.05, 0.1) is 17.7 Å². The fourth-order valence-corrected chi connectivity index (χ4v) is 3.21. The molecule has 1 aromatic rings. The number of carbonyl (C=O) groups is 1. The molecule has 0 saturated heterocycles. The summed E-state index contributed by atoms with van der Waals surface area (Å²) >= 11 is 6.10. The highest BCUT2D eigenvalue weighted by molar-refractivity contribution is 6.32. The van der Waals surface area contributed by atoms with Crippen LogP contribution in [0.15, 0.2) is 18.2 Å². The fraction of sp³-hybridized carbons (Fsp3) is 0.588. The molecule has 0 unspecified atom stereocenters. The number of nitrogens with one attached hydrogen (secondary N) is 1. The third kappa shape index (κ3) is 4.83. The Bertz CT molecular complexity index is 518. The molecule has 1 saturated carbocycles. The van der Waals surface area contributed by atoms with Crippen molar-refractivity contribution in [1.29, 1.82) is 0 Å². The lowest BCUT2D eigenvalue weighted by Gasteiger charge is -2.32. The standard InChI is InChI=1S/C17H25ClN2O3/c1-11-4-3-5-13(18)16(11)23-9-8-20-17(21)12-6-7-14(19)15(10-12)22-2/h3-5,12,14-15H,6-10,19H2,1-2H3,(H,20,21)/t12-,14+,15+/m0/s1. The molecular formula is C17H25ClN2O3. The van der Waals surface area contributed by atoms with Crippen molar-refractivity contribution in [3.8, 4) is 5.75 Å². The van der Waals surface area contributed by atoms with Gasteiger partial charge >= 0.3 is 0 Å². The summed E-state index contributed by atoms with van der Waals surface area (Å²) in [4.78, 5) is 12.2. The Balaban J connectivity index is 1.75. The second-order valence-corrected chi connectivity index (χ2v) is 6.38. The number of rotatable bonds is 6. The molecule has 0 bridgehead atoms. The third-order valence-electron chi connectivity index (χ3n) is 4.33. The second kappa shape index (κ2) is 8.52. The molecule has 3 N–H and O–H groups in total. The van der Waals surface area contributed by atoms with E-state index in [0.717, 1.165) is 18.4 Å². The summed E-state index contributed by atoms with van der Waals surface area (Å²) in [5, 5.41) is 3.50. The van der Waals surface area contributed by atoms with Crippen molar-refractivity contribution in [2.45, 2.75) is 38.3 Å². The minimum Gasteiger partial charge on any atom is -0.490 e. The van der Waals surface area contributed by atoms with Gasteiger partial charge in [-0.15, -0.1) is 0 Å². The van der Waals surface area contributed by atoms with Gasteiger partial charge in [-0.3, -0.25) is 4.79 Å². The van der Waals surface area contributed by atoms with Crippen LogP contribution in [-0.4, -0.2) is 38.3 Å². The van der Waals surface area contributed by atoms with Crippen molar-refractivity contribution in [2.24, 2.45) is 11.7 Å². The van der Waals surface area contributed by atoms with E-state index in [0.29, 0.717) is 30.3 Å². The fourth-order valence-electron chi connectivity index (χ4n) is 2.93. The van der Waals surface area contributed by atoms with E-state index < -0.39 is 0 Å². The molecule has 0 aliphatic heterocycles. The monoisotopic (exact) mass is 340 g/mol.